The molecule has 0 saturated heterocycles. The lowest BCUT2D eigenvalue weighted by atomic mass is 10.2. The van der Waals surface area contributed by atoms with Gasteiger partial charge in [-0.3, -0.25) is 8.98 Å². The second-order valence-electron chi connectivity index (χ2n) is 4.98. The fourth-order valence-electron chi connectivity index (χ4n) is 1.49. The van der Waals surface area contributed by atoms with Gasteiger partial charge in [0.25, 0.3) is 10.1 Å². The van der Waals surface area contributed by atoms with Crippen molar-refractivity contribution < 1.29 is 31.7 Å². The fourth-order valence-corrected chi connectivity index (χ4v) is 2.40. The average molecular weight is 356 g/mol. The van der Waals surface area contributed by atoms with Crippen molar-refractivity contribution in [1.29, 1.82) is 0 Å². The third-order valence-corrected chi connectivity index (χ3v) is 4.11. The average Bonchev–Trinajstić information content (AvgIpc) is 2.51. The van der Waals surface area contributed by atoms with Gasteiger partial charge in [-0.2, -0.15) is 8.42 Å². The Kier molecular flexibility index (Phi) is 7.60. The summed E-state index contributed by atoms with van der Waals surface area (Å²) >= 11 is 0. The van der Waals surface area contributed by atoms with Crippen LogP contribution in [0.25, 0.3) is 0 Å². The summed E-state index contributed by atoms with van der Waals surface area (Å²) in [6.07, 6.45) is -0.237. The summed E-state index contributed by atoms with van der Waals surface area (Å²) in [5.74, 6) is -1.22. The predicted molar refractivity (Wildman–Crippen MR) is 85.7 cm³/mol. The molecule has 0 saturated carbocycles. The van der Waals surface area contributed by atoms with E-state index in [2.05, 4.69) is 6.58 Å². The molecule has 1 aromatic carbocycles. The molecule has 0 radical (unpaired) electrons. The van der Waals surface area contributed by atoms with Crippen molar-refractivity contribution in [3.05, 3.63) is 42.0 Å². The van der Waals surface area contributed by atoms with Gasteiger partial charge in [0.2, 0.25) is 0 Å². The fraction of sp³-hybridized carbons (Fsp3) is 0.375. The van der Waals surface area contributed by atoms with Crippen LogP contribution in [0.15, 0.2) is 41.3 Å². The molecule has 0 amide bonds. The van der Waals surface area contributed by atoms with Gasteiger partial charge in [0.05, 0.1) is 17.9 Å². The highest BCUT2D eigenvalue weighted by Gasteiger charge is 2.16. The summed E-state index contributed by atoms with van der Waals surface area (Å²) in [7, 11) is -3.91. The zero-order chi connectivity index (χ0) is 18.2. The lowest BCUT2D eigenvalue weighted by molar-refractivity contribution is -0.150. The van der Waals surface area contributed by atoms with E-state index in [0.717, 1.165) is 5.56 Å². The Morgan fingerprint density at radius 1 is 1.04 bits per heavy atom. The Labute approximate surface area is 141 Å². The first-order valence-corrected chi connectivity index (χ1v) is 8.57. The van der Waals surface area contributed by atoms with Crippen LogP contribution in [-0.4, -0.2) is 40.2 Å². The maximum Gasteiger partial charge on any atom is 0.333 e. The van der Waals surface area contributed by atoms with Gasteiger partial charge >= 0.3 is 11.9 Å². The zero-order valence-corrected chi connectivity index (χ0v) is 14.4. The van der Waals surface area contributed by atoms with E-state index >= 15 is 0 Å². The molecule has 1 rings (SSSR count). The molecule has 0 aliphatic heterocycles. The van der Waals surface area contributed by atoms with E-state index in [4.69, 9.17) is 13.7 Å². The summed E-state index contributed by atoms with van der Waals surface area (Å²) in [5.41, 5.74) is 1.17. The standard InChI is InChI=1S/C16H20O7S/c1-12(2)16(18)22-11-10-21-15(17)8-9-23-24(19,20)14-6-4-13(3)5-7-14/h4-7H,1,8-11H2,2-3H3. The van der Waals surface area contributed by atoms with Gasteiger partial charge in [0.1, 0.15) is 13.2 Å². The van der Waals surface area contributed by atoms with Gasteiger partial charge in [0.15, 0.2) is 0 Å². The molecular weight excluding hydrogens is 336 g/mol. The third-order valence-electron chi connectivity index (χ3n) is 2.78. The first kappa shape index (κ1) is 19.9. The Morgan fingerprint density at radius 2 is 1.62 bits per heavy atom. The van der Waals surface area contributed by atoms with Crippen LogP contribution in [0.5, 0.6) is 0 Å². The molecule has 24 heavy (non-hydrogen) atoms. The molecule has 0 heterocycles. The van der Waals surface area contributed by atoms with Crippen LogP contribution in [0.3, 0.4) is 0 Å². The topological polar surface area (TPSA) is 96.0 Å². The van der Waals surface area contributed by atoms with E-state index < -0.39 is 22.1 Å². The number of aryl methyl sites for hydroxylation is 1. The Hall–Kier alpha value is -2.19. The summed E-state index contributed by atoms with van der Waals surface area (Å²) in [6, 6.07) is 6.16. The van der Waals surface area contributed by atoms with Crippen molar-refractivity contribution in [3.8, 4) is 0 Å². The number of esters is 2. The van der Waals surface area contributed by atoms with Crippen LogP contribution in [0.4, 0.5) is 0 Å². The van der Waals surface area contributed by atoms with Crippen LogP contribution < -0.4 is 0 Å². The van der Waals surface area contributed by atoms with Crippen molar-refractivity contribution in [2.45, 2.75) is 25.2 Å². The lowest BCUT2D eigenvalue weighted by Gasteiger charge is -2.07. The highest BCUT2D eigenvalue weighted by molar-refractivity contribution is 7.86. The first-order valence-electron chi connectivity index (χ1n) is 7.17. The van der Waals surface area contributed by atoms with Crippen LogP contribution in [-0.2, 0) is 33.4 Å². The largest absolute Gasteiger partial charge is 0.462 e. The molecule has 0 N–H and O–H groups in total. The number of hydrogen-bond donors (Lipinski definition) is 0. The summed E-state index contributed by atoms with van der Waals surface area (Å²) in [4.78, 5) is 22.5. The van der Waals surface area contributed by atoms with Crippen molar-refractivity contribution >= 4 is 22.1 Å². The first-order chi connectivity index (χ1) is 11.2. The van der Waals surface area contributed by atoms with Gasteiger partial charge in [-0.25, -0.2) is 4.79 Å². The molecule has 0 unspecified atom stereocenters. The molecule has 0 spiro atoms. The second-order valence-corrected chi connectivity index (χ2v) is 6.59. The number of rotatable bonds is 9. The van der Waals surface area contributed by atoms with Crippen LogP contribution in [0, 0.1) is 6.92 Å². The molecule has 132 valence electrons. The van der Waals surface area contributed by atoms with E-state index in [1.54, 1.807) is 12.1 Å². The molecule has 0 aliphatic carbocycles. The van der Waals surface area contributed by atoms with Gasteiger partial charge in [0, 0.05) is 5.57 Å². The summed E-state index contributed by atoms with van der Waals surface area (Å²) < 4.78 is 38.1. The number of ether oxygens (including phenoxy) is 2. The van der Waals surface area contributed by atoms with Gasteiger partial charge in [-0.05, 0) is 26.0 Å². The number of benzene rings is 1. The van der Waals surface area contributed by atoms with Gasteiger partial charge in [-0.1, -0.05) is 24.3 Å². The normalized spacial score (nSPS) is 10.9. The maximum atomic E-state index is 11.9. The van der Waals surface area contributed by atoms with Crippen LogP contribution in [0.2, 0.25) is 0 Å². The lowest BCUT2D eigenvalue weighted by Crippen LogP contribution is -2.16. The predicted octanol–water partition coefficient (Wildman–Crippen LogP) is 1.75. The molecule has 0 bridgehead atoms. The monoisotopic (exact) mass is 356 g/mol. The van der Waals surface area contributed by atoms with Gasteiger partial charge in [-0.15, -0.1) is 0 Å². The van der Waals surface area contributed by atoms with Crippen LogP contribution in [0.1, 0.15) is 18.9 Å². The summed E-state index contributed by atoms with van der Waals surface area (Å²) in [6.45, 7) is 6.19. The molecule has 1 aromatic rings. The van der Waals surface area contributed by atoms with E-state index in [0.29, 0.717) is 0 Å². The minimum Gasteiger partial charge on any atom is -0.462 e. The smallest absolute Gasteiger partial charge is 0.333 e. The third kappa shape index (κ3) is 6.93. The molecule has 7 nitrogen and oxygen atoms in total. The SMILES string of the molecule is C=C(C)C(=O)OCCOC(=O)CCOS(=O)(=O)c1ccc(C)cc1. The van der Waals surface area contributed by atoms with E-state index in [1.165, 1.54) is 19.1 Å². The van der Waals surface area contributed by atoms with Crippen molar-refractivity contribution in [1.82, 2.24) is 0 Å². The van der Waals surface area contributed by atoms with E-state index in [-0.39, 0.29) is 36.7 Å². The number of carbonyl (C=O) groups excluding carboxylic acids is 2. The molecule has 0 atom stereocenters. The van der Waals surface area contributed by atoms with Gasteiger partial charge < -0.3 is 9.47 Å². The Balaban J connectivity index is 2.28. The molecule has 0 fully saturated rings. The highest BCUT2D eigenvalue weighted by atomic mass is 32.2. The molecule has 0 aliphatic rings. The Bertz CT molecular complexity index is 690. The highest BCUT2D eigenvalue weighted by Crippen LogP contribution is 2.13. The summed E-state index contributed by atoms with van der Waals surface area (Å²) in [5, 5.41) is 0. The minimum atomic E-state index is -3.91. The van der Waals surface area contributed by atoms with E-state index in [9.17, 15) is 18.0 Å². The van der Waals surface area contributed by atoms with Crippen molar-refractivity contribution in [2.24, 2.45) is 0 Å². The minimum absolute atomic E-state index is 0.0215. The van der Waals surface area contributed by atoms with E-state index in [1.807, 2.05) is 6.92 Å². The second kappa shape index (κ2) is 9.19. The quantitative estimate of drug-likeness (QED) is 0.288. The van der Waals surface area contributed by atoms with Crippen molar-refractivity contribution in [2.75, 3.05) is 19.8 Å². The molecule has 0 aromatic heterocycles. The van der Waals surface area contributed by atoms with Crippen molar-refractivity contribution in [3.63, 3.8) is 0 Å². The zero-order valence-electron chi connectivity index (χ0n) is 13.6. The molecule has 8 heteroatoms. The molecular formula is C16H20O7S. The maximum absolute atomic E-state index is 11.9. The van der Waals surface area contributed by atoms with Crippen LogP contribution >= 0.6 is 0 Å². The number of hydrogen-bond acceptors (Lipinski definition) is 7. The Morgan fingerprint density at radius 3 is 2.21 bits per heavy atom. The number of carbonyl (C=O) groups is 2.